The van der Waals surface area contributed by atoms with Crippen molar-refractivity contribution in [1.29, 1.82) is 0 Å². The van der Waals surface area contributed by atoms with Gasteiger partial charge in [0.05, 0.1) is 27.0 Å². The largest absolute Gasteiger partial charge is 0.477 e. The van der Waals surface area contributed by atoms with Gasteiger partial charge in [0.25, 0.3) is 5.69 Å². The fourth-order valence-electron chi connectivity index (χ4n) is 1.86. The first-order valence-corrected chi connectivity index (χ1v) is 5.94. The molecule has 8 heteroatoms. The smallest absolute Gasteiger partial charge is 0.342 e. The van der Waals surface area contributed by atoms with Gasteiger partial charge in [0.15, 0.2) is 0 Å². The van der Waals surface area contributed by atoms with E-state index in [1.807, 2.05) is 0 Å². The maximum absolute atomic E-state index is 11.1. The van der Waals surface area contributed by atoms with Crippen LogP contribution in [0, 0.1) is 24.0 Å². The van der Waals surface area contributed by atoms with Gasteiger partial charge < -0.3 is 5.11 Å². The molecule has 1 heterocycles. The highest BCUT2D eigenvalue weighted by molar-refractivity contribution is 6.31. The lowest BCUT2D eigenvalue weighted by Gasteiger charge is -2.06. The first kappa shape index (κ1) is 14.0. The zero-order chi connectivity index (χ0) is 15.0. The van der Waals surface area contributed by atoms with E-state index in [1.165, 1.54) is 16.8 Å². The number of carbonyl (C=O) groups is 1. The van der Waals surface area contributed by atoms with E-state index in [1.54, 1.807) is 13.8 Å². The molecule has 0 bridgehead atoms. The molecule has 20 heavy (non-hydrogen) atoms. The number of benzene rings is 1. The summed E-state index contributed by atoms with van der Waals surface area (Å²) in [6, 6.07) is 3.78. The van der Waals surface area contributed by atoms with Crippen LogP contribution in [0.2, 0.25) is 5.02 Å². The fourth-order valence-corrected chi connectivity index (χ4v) is 1.98. The first-order chi connectivity index (χ1) is 9.32. The van der Waals surface area contributed by atoms with Gasteiger partial charge in [-0.1, -0.05) is 11.6 Å². The van der Waals surface area contributed by atoms with Crippen LogP contribution in [0.25, 0.3) is 5.69 Å². The number of carboxylic acids is 1. The summed E-state index contributed by atoms with van der Waals surface area (Å²) >= 11 is 6.02. The molecular weight excluding hydrogens is 286 g/mol. The number of hydrogen-bond acceptors (Lipinski definition) is 4. The third-order valence-electron chi connectivity index (χ3n) is 2.85. The van der Waals surface area contributed by atoms with E-state index in [2.05, 4.69) is 5.10 Å². The van der Waals surface area contributed by atoms with E-state index >= 15 is 0 Å². The highest BCUT2D eigenvalue weighted by atomic mass is 35.5. The SMILES string of the molecule is Cc1nn(-c2ccc([N+](=O)[O-])c(C(=O)O)c2)c(C)c1Cl. The van der Waals surface area contributed by atoms with Crippen LogP contribution in [0.3, 0.4) is 0 Å². The zero-order valence-corrected chi connectivity index (χ0v) is 11.4. The van der Waals surface area contributed by atoms with E-state index in [0.29, 0.717) is 22.1 Å². The molecule has 104 valence electrons. The van der Waals surface area contributed by atoms with Crippen molar-refractivity contribution in [3.8, 4) is 5.69 Å². The van der Waals surface area contributed by atoms with Gasteiger partial charge in [0.2, 0.25) is 0 Å². The van der Waals surface area contributed by atoms with Crippen LogP contribution in [0.1, 0.15) is 21.7 Å². The molecule has 0 aliphatic heterocycles. The van der Waals surface area contributed by atoms with Crippen LogP contribution < -0.4 is 0 Å². The minimum atomic E-state index is -1.37. The maximum Gasteiger partial charge on any atom is 0.342 e. The summed E-state index contributed by atoms with van der Waals surface area (Å²) in [5, 5.41) is 24.5. The second kappa shape index (κ2) is 4.93. The topological polar surface area (TPSA) is 98.3 Å². The number of nitrogens with zero attached hydrogens (tertiary/aromatic N) is 3. The number of hydrogen-bond donors (Lipinski definition) is 1. The Labute approximate surface area is 118 Å². The molecule has 0 radical (unpaired) electrons. The number of aromatic nitrogens is 2. The Balaban J connectivity index is 2.65. The van der Waals surface area contributed by atoms with Gasteiger partial charge in [-0.3, -0.25) is 10.1 Å². The maximum atomic E-state index is 11.1. The summed E-state index contributed by atoms with van der Waals surface area (Å²) in [5.41, 5.74) is 0.777. The Hall–Kier alpha value is -2.41. The quantitative estimate of drug-likeness (QED) is 0.693. The van der Waals surface area contributed by atoms with E-state index < -0.39 is 22.1 Å². The molecule has 0 saturated heterocycles. The second-order valence-electron chi connectivity index (χ2n) is 4.16. The highest BCUT2D eigenvalue weighted by Gasteiger charge is 2.21. The monoisotopic (exact) mass is 295 g/mol. The predicted molar refractivity (Wildman–Crippen MR) is 71.7 cm³/mol. The molecule has 0 aliphatic carbocycles. The van der Waals surface area contributed by atoms with E-state index in [9.17, 15) is 14.9 Å². The van der Waals surface area contributed by atoms with E-state index in [0.717, 1.165) is 6.07 Å². The lowest BCUT2D eigenvalue weighted by molar-refractivity contribution is -0.385. The molecule has 0 amide bonds. The molecule has 2 rings (SSSR count). The molecule has 0 fully saturated rings. The van der Waals surface area contributed by atoms with Crippen molar-refractivity contribution in [3.63, 3.8) is 0 Å². The Morgan fingerprint density at radius 1 is 1.45 bits per heavy atom. The van der Waals surface area contributed by atoms with Crippen LogP contribution >= 0.6 is 11.6 Å². The number of aryl methyl sites for hydroxylation is 1. The molecule has 0 saturated carbocycles. The summed E-state index contributed by atoms with van der Waals surface area (Å²) in [7, 11) is 0. The molecule has 0 aliphatic rings. The summed E-state index contributed by atoms with van der Waals surface area (Å²) in [6.45, 7) is 3.44. The van der Waals surface area contributed by atoms with Crippen LogP contribution in [-0.2, 0) is 0 Å². The first-order valence-electron chi connectivity index (χ1n) is 5.56. The Kier molecular flexibility index (Phi) is 3.46. The average Bonchev–Trinajstić information content (AvgIpc) is 2.65. The molecule has 0 spiro atoms. The second-order valence-corrected chi connectivity index (χ2v) is 4.54. The normalized spacial score (nSPS) is 10.6. The van der Waals surface area contributed by atoms with Crippen molar-refractivity contribution >= 4 is 23.3 Å². The summed E-state index contributed by atoms with van der Waals surface area (Å²) < 4.78 is 1.45. The molecule has 1 aromatic carbocycles. The van der Waals surface area contributed by atoms with Gasteiger partial charge >= 0.3 is 5.97 Å². The number of rotatable bonds is 3. The number of carboxylic acid groups (broad SMARTS) is 1. The fraction of sp³-hybridized carbons (Fsp3) is 0.167. The van der Waals surface area contributed by atoms with E-state index in [4.69, 9.17) is 16.7 Å². The molecular formula is C12H10ClN3O4. The standard InChI is InChI=1S/C12H10ClN3O4/c1-6-11(13)7(2)15(14-6)8-3-4-10(16(19)20)9(5-8)12(17)18/h3-5H,1-2H3,(H,17,18). The summed E-state index contributed by atoms with van der Waals surface area (Å²) in [4.78, 5) is 21.2. The highest BCUT2D eigenvalue weighted by Crippen LogP contribution is 2.26. The van der Waals surface area contributed by atoms with Crippen LogP contribution in [-0.4, -0.2) is 25.8 Å². The van der Waals surface area contributed by atoms with Gasteiger partial charge in [-0.05, 0) is 26.0 Å². The van der Waals surface area contributed by atoms with Crippen LogP contribution in [0.5, 0.6) is 0 Å². The van der Waals surface area contributed by atoms with Crippen molar-refractivity contribution in [2.75, 3.05) is 0 Å². The van der Waals surface area contributed by atoms with Crippen molar-refractivity contribution in [2.24, 2.45) is 0 Å². The predicted octanol–water partition coefficient (Wildman–Crippen LogP) is 2.75. The van der Waals surface area contributed by atoms with Crippen LogP contribution in [0.4, 0.5) is 5.69 Å². The molecule has 0 unspecified atom stereocenters. The van der Waals surface area contributed by atoms with Crippen molar-refractivity contribution < 1.29 is 14.8 Å². The molecule has 7 nitrogen and oxygen atoms in total. The third kappa shape index (κ3) is 2.23. The molecule has 1 N–H and O–H groups in total. The summed E-state index contributed by atoms with van der Waals surface area (Å²) in [5.74, 6) is -1.37. The lowest BCUT2D eigenvalue weighted by atomic mass is 10.1. The number of nitro groups is 1. The van der Waals surface area contributed by atoms with Crippen molar-refractivity contribution in [1.82, 2.24) is 9.78 Å². The molecule has 1 aromatic heterocycles. The Bertz CT molecular complexity index is 724. The third-order valence-corrected chi connectivity index (χ3v) is 3.40. The average molecular weight is 296 g/mol. The molecule has 2 aromatic rings. The lowest BCUT2D eigenvalue weighted by Crippen LogP contribution is -2.06. The van der Waals surface area contributed by atoms with Gasteiger partial charge in [-0.2, -0.15) is 5.10 Å². The van der Waals surface area contributed by atoms with Crippen molar-refractivity contribution in [2.45, 2.75) is 13.8 Å². The minimum absolute atomic E-state index is 0.392. The molecule has 0 atom stereocenters. The number of aromatic carboxylic acids is 1. The van der Waals surface area contributed by atoms with Crippen molar-refractivity contribution in [3.05, 3.63) is 50.3 Å². The van der Waals surface area contributed by atoms with Gasteiger partial charge in [-0.25, -0.2) is 9.48 Å². The number of nitro benzene ring substituents is 1. The zero-order valence-electron chi connectivity index (χ0n) is 10.6. The van der Waals surface area contributed by atoms with E-state index in [-0.39, 0.29) is 0 Å². The Morgan fingerprint density at radius 2 is 2.10 bits per heavy atom. The van der Waals surface area contributed by atoms with Gasteiger partial charge in [0.1, 0.15) is 5.56 Å². The van der Waals surface area contributed by atoms with Gasteiger partial charge in [-0.15, -0.1) is 0 Å². The van der Waals surface area contributed by atoms with Gasteiger partial charge in [0, 0.05) is 6.07 Å². The Morgan fingerprint density at radius 3 is 2.55 bits per heavy atom. The minimum Gasteiger partial charge on any atom is -0.477 e. The number of halogens is 1. The van der Waals surface area contributed by atoms with Crippen LogP contribution in [0.15, 0.2) is 18.2 Å². The summed E-state index contributed by atoms with van der Waals surface area (Å²) in [6.07, 6.45) is 0.